The Kier molecular flexibility index (Phi) is 6.85. The molecule has 0 bridgehead atoms. The SMILES string of the molecule is COC(=O)[C@@H]1CCCN1C(=O)[C@@H](NC(=O)Nc1ccc(Cl)cc1)C(C)C. The summed E-state index contributed by atoms with van der Waals surface area (Å²) in [7, 11) is 1.31. The van der Waals surface area contributed by atoms with Gasteiger partial charge in [-0.05, 0) is 43.0 Å². The van der Waals surface area contributed by atoms with Gasteiger partial charge in [-0.2, -0.15) is 0 Å². The third-order valence-electron chi connectivity index (χ3n) is 4.33. The molecular weight excluding hydrogens is 358 g/mol. The van der Waals surface area contributed by atoms with E-state index < -0.39 is 24.1 Å². The van der Waals surface area contributed by atoms with Crippen LogP contribution in [0.5, 0.6) is 0 Å². The number of benzene rings is 1. The van der Waals surface area contributed by atoms with Crippen LogP contribution in [0.1, 0.15) is 26.7 Å². The number of hydrogen-bond acceptors (Lipinski definition) is 4. The van der Waals surface area contributed by atoms with Crippen LogP contribution in [0.3, 0.4) is 0 Å². The Morgan fingerprint density at radius 2 is 1.88 bits per heavy atom. The van der Waals surface area contributed by atoms with Crippen molar-refractivity contribution in [3.63, 3.8) is 0 Å². The molecule has 2 N–H and O–H groups in total. The van der Waals surface area contributed by atoms with Crippen LogP contribution in [-0.4, -0.2) is 48.5 Å². The lowest BCUT2D eigenvalue weighted by Gasteiger charge is -2.29. The number of amides is 3. The first kappa shape index (κ1) is 20.0. The van der Waals surface area contributed by atoms with Gasteiger partial charge in [0.25, 0.3) is 0 Å². The average molecular weight is 382 g/mol. The van der Waals surface area contributed by atoms with E-state index in [0.717, 1.165) is 6.42 Å². The second kappa shape index (κ2) is 8.89. The molecule has 0 aromatic heterocycles. The number of ether oxygens (including phenoxy) is 1. The van der Waals surface area contributed by atoms with E-state index in [0.29, 0.717) is 23.7 Å². The molecule has 0 radical (unpaired) electrons. The van der Waals surface area contributed by atoms with E-state index in [2.05, 4.69) is 10.6 Å². The molecule has 0 unspecified atom stereocenters. The van der Waals surface area contributed by atoms with Crippen LogP contribution in [-0.2, 0) is 14.3 Å². The zero-order chi connectivity index (χ0) is 19.3. The van der Waals surface area contributed by atoms with Gasteiger partial charge in [0.1, 0.15) is 12.1 Å². The van der Waals surface area contributed by atoms with E-state index in [1.807, 2.05) is 13.8 Å². The second-order valence-electron chi connectivity index (χ2n) is 6.54. The van der Waals surface area contributed by atoms with Crippen LogP contribution >= 0.6 is 11.6 Å². The summed E-state index contributed by atoms with van der Waals surface area (Å²) in [5.74, 6) is -0.847. The summed E-state index contributed by atoms with van der Waals surface area (Å²) in [5, 5.41) is 5.95. The largest absolute Gasteiger partial charge is 0.467 e. The second-order valence-corrected chi connectivity index (χ2v) is 6.98. The van der Waals surface area contributed by atoms with Gasteiger partial charge in [-0.25, -0.2) is 9.59 Å². The molecule has 0 spiro atoms. The van der Waals surface area contributed by atoms with Crippen molar-refractivity contribution in [2.75, 3.05) is 19.0 Å². The summed E-state index contributed by atoms with van der Waals surface area (Å²) >= 11 is 5.82. The number of nitrogens with zero attached hydrogens (tertiary/aromatic N) is 1. The van der Waals surface area contributed by atoms with Crippen molar-refractivity contribution < 1.29 is 19.1 Å². The van der Waals surface area contributed by atoms with Crippen LogP contribution in [0.2, 0.25) is 5.02 Å². The number of likely N-dealkylation sites (tertiary alicyclic amines) is 1. The number of nitrogens with one attached hydrogen (secondary N) is 2. The van der Waals surface area contributed by atoms with E-state index in [1.165, 1.54) is 12.0 Å². The molecule has 0 saturated carbocycles. The molecule has 1 saturated heterocycles. The standard InChI is InChI=1S/C18H24ClN3O4/c1-11(2)15(16(23)22-10-4-5-14(22)17(24)26-3)21-18(25)20-13-8-6-12(19)7-9-13/h6-9,11,14-15H,4-5,10H2,1-3H3,(H2,20,21,25)/t14-,15-/m0/s1. The maximum Gasteiger partial charge on any atom is 0.328 e. The summed E-state index contributed by atoms with van der Waals surface area (Å²) in [6.07, 6.45) is 1.30. The smallest absolute Gasteiger partial charge is 0.328 e. The monoisotopic (exact) mass is 381 g/mol. The van der Waals surface area contributed by atoms with Crippen LogP contribution in [0.15, 0.2) is 24.3 Å². The van der Waals surface area contributed by atoms with Gasteiger partial charge < -0.3 is 20.3 Å². The number of carbonyl (C=O) groups is 3. The third-order valence-corrected chi connectivity index (χ3v) is 4.58. The number of halogens is 1. The van der Waals surface area contributed by atoms with E-state index in [4.69, 9.17) is 16.3 Å². The van der Waals surface area contributed by atoms with E-state index in [-0.39, 0.29) is 11.8 Å². The molecule has 1 aromatic carbocycles. The van der Waals surface area contributed by atoms with Gasteiger partial charge in [0.2, 0.25) is 5.91 Å². The molecule has 1 aliphatic rings. The Balaban J connectivity index is 2.05. The fourth-order valence-electron chi connectivity index (χ4n) is 2.95. The predicted octanol–water partition coefficient (Wildman–Crippen LogP) is 2.65. The van der Waals surface area contributed by atoms with Gasteiger partial charge >= 0.3 is 12.0 Å². The number of anilines is 1. The molecule has 2 rings (SSSR count). The van der Waals surface area contributed by atoms with Crippen molar-refractivity contribution in [3.8, 4) is 0 Å². The number of methoxy groups -OCH3 is 1. The van der Waals surface area contributed by atoms with Crippen molar-refractivity contribution in [2.24, 2.45) is 5.92 Å². The molecule has 1 aromatic rings. The molecule has 2 atom stereocenters. The fraction of sp³-hybridized carbons (Fsp3) is 0.500. The average Bonchev–Trinajstić information content (AvgIpc) is 3.10. The van der Waals surface area contributed by atoms with E-state index >= 15 is 0 Å². The van der Waals surface area contributed by atoms with Gasteiger partial charge in [-0.3, -0.25) is 4.79 Å². The summed E-state index contributed by atoms with van der Waals surface area (Å²) < 4.78 is 4.78. The lowest BCUT2D eigenvalue weighted by atomic mass is 10.0. The quantitative estimate of drug-likeness (QED) is 0.767. The maximum absolute atomic E-state index is 12.9. The van der Waals surface area contributed by atoms with Gasteiger partial charge in [0.05, 0.1) is 7.11 Å². The summed E-state index contributed by atoms with van der Waals surface area (Å²) in [6.45, 7) is 4.16. The fourth-order valence-corrected chi connectivity index (χ4v) is 3.07. The Hall–Kier alpha value is -2.28. The molecule has 26 heavy (non-hydrogen) atoms. The number of carbonyl (C=O) groups excluding carboxylic acids is 3. The van der Waals surface area contributed by atoms with Crippen LogP contribution in [0.25, 0.3) is 0 Å². The highest BCUT2D eigenvalue weighted by atomic mass is 35.5. The highest BCUT2D eigenvalue weighted by Gasteiger charge is 2.39. The number of urea groups is 1. The zero-order valence-electron chi connectivity index (χ0n) is 15.1. The number of rotatable bonds is 5. The van der Waals surface area contributed by atoms with Crippen LogP contribution < -0.4 is 10.6 Å². The minimum absolute atomic E-state index is 0.141. The minimum atomic E-state index is -0.743. The molecule has 1 fully saturated rings. The van der Waals surface area contributed by atoms with E-state index in [9.17, 15) is 14.4 Å². The van der Waals surface area contributed by atoms with Gasteiger partial charge in [0.15, 0.2) is 0 Å². The minimum Gasteiger partial charge on any atom is -0.467 e. The summed E-state index contributed by atoms with van der Waals surface area (Å²) in [4.78, 5) is 38.6. The predicted molar refractivity (Wildman–Crippen MR) is 99.0 cm³/mol. The molecule has 7 nitrogen and oxygen atoms in total. The molecule has 0 aliphatic carbocycles. The molecule has 1 aliphatic heterocycles. The first-order valence-corrected chi connectivity index (χ1v) is 8.92. The summed E-state index contributed by atoms with van der Waals surface area (Å²) in [6, 6.07) is 4.83. The van der Waals surface area contributed by atoms with Gasteiger partial charge in [-0.15, -0.1) is 0 Å². The summed E-state index contributed by atoms with van der Waals surface area (Å²) in [5.41, 5.74) is 0.565. The molecule has 142 valence electrons. The highest BCUT2D eigenvalue weighted by molar-refractivity contribution is 6.30. The lowest BCUT2D eigenvalue weighted by molar-refractivity contribution is -0.151. The topological polar surface area (TPSA) is 87.7 Å². The van der Waals surface area contributed by atoms with Crippen molar-refractivity contribution in [1.82, 2.24) is 10.2 Å². The van der Waals surface area contributed by atoms with Crippen molar-refractivity contribution >= 4 is 35.2 Å². The molecule has 1 heterocycles. The molecule has 3 amide bonds. The lowest BCUT2D eigenvalue weighted by Crippen LogP contribution is -2.54. The number of esters is 1. The normalized spacial score (nSPS) is 17.7. The molecular formula is C18H24ClN3O4. The van der Waals surface area contributed by atoms with Gasteiger partial charge in [-0.1, -0.05) is 25.4 Å². The van der Waals surface area contributed by atoms with Crippen molar-refractivity contribution in [3.05, 3.63) is 29.3 Å². The Bertz CT molecular complexity index is 663. The zero-order valence-corrected chi connectivity index (χ0v) is 15.9. The first-order valence-electron chi connectivity index (χ1n) is 8.55. The Morgan fingerprint density at radius 1 is 1.23 bits per heavy atom. The Labute approximate surface area is 158 Å². The van der Waals surface area contributed by atoms with E-state index in [1.54, 1.807) is 24.3 Å². The van der Waals surface area contributed by atoms with Crippen molar-refractivity contribution in [1.29, 1.82) is 0 Å². The van der Waals surface area contributed by atoms with Crippen LogP contribution in [0, 0.1) is 5.92 Å². The highest BCUT2D eigenvalue weighted by Crippen LogP contribution is 2.21. The number of hydrogen-bond donors (Lipinski definition) is 2. The first-order chi connectivity index (χ1) is 12.3. The van der Waals surface area contributed by atoms with Gasteiger partial charge in [0, 0.05) is 17.3 Å². The molecule has 8 heteroatoms. The Morgan fingerprint density at radius 3 is 2.46 bits per heavy atom. The van der Waals surface area contributed by atoms with Crippen LogP contribution in [0.4, 0.5) is 10.5 Å². The third kappa shape index (κ3) is 4.88. The van der Waals surface area contributed by atoms with Crippen molar-refractivity contribution in [2.45, 2.75) is 38.8 Å². The maximum atomic E-state index is 12.9.